The van der Waals surface area contributed by atoms with Gasteiger partial charge in [0, 0.05) is 26.7 Å². The first kappa shape index (κ1) is 16.5. The number of hydrogen-bond acceptors (Lipinski definition) is 3. The van der Waals surface area contributed by atoms with Crippen LogP contribution >= 0.6 is 0 Å². The van der Waals surface area contributed by atoms with Crippen molar-refractivity contribution in [2.24, 2.45) is 4.99 Å². The molecule has 3 N–H and O–H groups in total. The highest BCUT2D eigenvalue weighted by molar-refractivity contribution is 7.89. The van der Waals surface area contributed by atoms with Gasteiger partial charge in [-0.2, -0.15) is 0 Å². The molecule has 0 spiro atoms. The van der Waals surface area contributed by atoms with E-state index in [9.17, 15) is 8.42 Å². The predicted molar refractivity (Wildman–Crippen MR) is 82.1 cm³/mol. The summed E-state index contributed by atoms with van der Waals surface area (Å²) in [5, 5.41) is 6.21. The first-order valence-electron chi connectivity index (χ1n) is 6.53. The number of benzene rings is 1. The van der Waals surface area contributed by atoms with Crippen LogP contribution in [-0.4, -0.2) is 40.3 Å². The second kappa shape index (κ2) is 8.55. The SMILES string of the molecule is CCS(=O)(=O)NCCNC(=NC)NCc1ccccc1. The first-order valence-corrected chi connectivity index (χ1v) is 8.18. The molecule has 20 heavy (non-hydrogen) atoms. The summed E-state index contributed by atoms with van der Waals surface area (Å²) in [5.74, 6) is 0.734. The number of aliphatic imine (C=N–C) groups is 1. The second-order valence-corrected chi connectivity index (χ2v) is 6.23. The van der Waals surface area contributed by atoms with Crippen LogP contribution < -0.4 is 15.4 Å². The van der Waals surface area contributed by atoms with Crippen molar-refractivity contribution in [3.8, 4) is 0 Å². The minimum atomic E-state index is -3.13. The molecule has 0 unspecified atom stereocenters. The predicted octanol–water partition coefficient (Wildman–Crippen LogP) is 0.291. The Hall–Kier alpha value is -1.60. The van der Waals surface area contributed by atoms with Gasteiger partial charge >= 0.3 is 0 Å². The van der Waals surface area contributed by atoms with Crippen LogP contribution in [-0.2, 0) is 16.6 Å². The summed E-state index contributed by atoms with van der Waals surface area (Å²) in [6, 6.07) is 9.97. The zero-order chi connectivity index (χ0) is 14.8. The largest absolute Gasteiger partial charge is 0.355 e. The molecule has 0 bridgehead atoms. The van der Waals surface area contributed by atoms with E-state index >= 15 is 0 Å². The minimum absolute atomic E-state index is 0.0913. The van der Waals surface area contributed by atoms with Crippen LogP contribution in [0.5, 0.6) is 0 Å². The molecular formula is C13H22N4O2S. The smallest absolute Gasteiger partial charge is 0.211 e. The fourth-order valence-electron chi connectivity index (χ4n) is 1.49. The molecule has 1 aromatic rings. The van der Waals surface area contributed by atoms with E-state index in [1.807, 2.05) is 30.3 Å². The molecule has 0 atom stereocenters. The average Bonchev–Trinajstić information content (AvgIpc) is 2.47. The molecule has 112 valence electrons. The number of hydrogen-bond donors (Lipinski definition) is 3. The number of rotatable bonds is 7. The van der Waals surface area contributed by atoms with Crippen molar-refractivity contribution >= 4 is 16.0 Å². The fourth-order valence-corrected chi connectivity index (χ4v) is 2.11. The molecule has 0 aromatic heterocycles. The van der Waals surface area contributed by atoms with E-state index in [-0.39, 0.29) is 5.75 Å². The molecule has 0 amide bonds. The molecule has 0 heterocycles. The van der Waals surface area contributed by atoms with E-state index in [0.29, 0.717) is 25.6 Å². The summed E-state index contributed by atoms with van der Waals surface area (Å²) in [5.41, 5.74) is 1.15. The van der Waals surface area contributed by atoms with Crippen LogP contribution in [0, 0.1) is 0 Å². The highest BCUT2D eigenvalue weighted by atomic mass is 32.2. The Labute approximate surface area is 120 Å². The van der Waals surface area contributed by atoms with Crippen molar-refractivity contribution in [2.45, 2.75) is 13.5 Å². The third kappa shape index (κ3) is 6.53. The van der Waals surface area contributed by atoms with Crippen LogP contribution in [0.4, 0.5) is 0 Å². The maximum atomic E-state index is 11.2. The molecular weight excluding hydrogens is 276 g/mol. The molecule has 0 aliphatic rings. The summed E-state index contributed by atoms with van der Waals surface area (Å²) >= 11 is 0. The molecule has 0 aliphatic carbocycles. The van der Waals surface area contributed by atoms with Gasteiger partial charge in [-0.3, -0.25) is 4.99 Å². The van der Waals surface area contributed by atoms with Crippen LogP contribution in [0.2, 0.25) is 0 Å². The molecule has 0 saturated carbocycles. The first-order chi connectivity index (χ1) is 9.57. The quantitative estimate of drug-likeness (QED) is 0.384. The molecule has 7 heteroatoms. The lowest BCUT2D eigenvalue weighted by Crippen LogP contribution is -2.41. The summed E-state index contributed by atoms with van der Waals surface area (Å²) in [7, 11) is -1.45. The van der Waals surface area contributed by atoms with Gasteiger partial charge < -0.3 is 10.6 Å². The highest BCUT2D eigenvalue weighted by Gasteiger charge is 2.04. The van der Waals surface area contributed by atoms with Crippen molar-refractivity contribution in [2.75, 3.05) is 25.9 Å². The van der Waals surface area contributed by atoms with Gasteiger partial charge in [0.25, 0.3) is 0 Å². The fraction of sp³-hybridized carbons (Fsp3) is 0.462. The minimum Gasteiger partial charge on any atom is -0.355 e. The normalized spacial score (nSPS) is 12.2. The Morgan fingerprint density at radius 3 is 2.45 bits per heavy atom. The summed E-state index contributed by atoms with van der Waals surface area (Å²) in [4.78, 5) is 4.07. The van der Waals surface area contributed by atoms with Crippen LogP contribution in [0.3, 0.4) is 0 Å². The monoisotopic (exact) mass is 298 g/mol. The lowest BCUT2D eigenvalue weighted by Gasteiger charge is -2.12. The van der Waals surface area contributed by atoms with E-state index in [2.05, 4.69) is 20.3 Å². The van der Waals surface area contributed by atoms with Crippen LogP contribution in [0.15, 0.2) is 35.3 Å². The Bertz CT molecular complexity index is 514. The zero-order valence-electron chi connectivity index (χ0n) is 11.9. The number of guanidine groups is 1. The topological polar surface area (TPSA) is 82.6 Å². The van der Waals surface area contributed by atoms with Crippen LogP contribution in [0.25, 0.3) is 0 Å². The number of nitrogens with one attached hydrogen (secondary N) is 3. The lowest BCUT2D eigenvalue weighted by atomic mass is 10.2. The summed E-state index contributed by atoms with van der Waals surface area (Å²) in [6.45, 7) is 3.09. The van der Waals surface area contributed by atoms with Gasteiger partial charge in [0.15, 0.2) is 5.96 Å². The van der Waals surface area contributed by atoms with Gasteiger partial charge in [-0.15, -0.1) is 0 Å². The van der Waals surface area contributed by atoms with Gasteiger partial charge in [0.1, 0.15) is 0 Å². The van der Waals surface area contributed by atoms with Gasteiger partial charge in [-0.25, -0.2) is 13.1 Å². The lowest BCUT2D eigenvalue weighted by molar-refractivity contribution is 0.582. The van der Waals surface area contributed by atoms with E-state index in [4.69, 9.17) is 0 Å². The van der Waals surface area contributed by atoms with E-state index < -0.39 is 10.0 Å². The van der Waals surface area contributed by atoms with Gasteiger partial charge in [-0.05, 0) is 12.5 Å². The molecule has 1 aromatic carbocycles. The Balaban J connectivity index is 2.27. The van der Waals surface area contributed by atoms with Gasteiger partial charge in [-0.1, -0.05) is 30.3 Å². The molecule has 0 aliphatic heterocycles. The average molecular weight is 298 g/mol. The Kier molecular flexibility index (Phi) is 7.03. The number of sulfonamides is 1. The van der Waals surface area contributed by atoms with Crippen molar-refractivity contribution in [3.05, 3.63) is 35.9 Å². The third-order valence-electron chi connectivity index (χ3n) is 2.65. The van der Waals surface area contributed by atoms with Crippen molar-refractivity contribution in [3.63, 3.8) is 0 Å². The van der Waals surface area contributed by atoms with Crippen molar-refractivity contribution < 1.29 is 8.42 Å². The molecule has 6 nitrogen and oxygen atoms in total. The molecule has 0 radical (unpaired) electrons. The van der Waals surface area contributed by atoms with E-state index in [1.54, 1.807) is 14.0 Å². The molecule has 1 rings (SSSR count). The summed E-state index contributed by atoms with van der Waals surface area (Å²) < 4.78 is 25.0. The standard InChI is InChI=1S/C13H22N4O2S/c1-3-20(18,19)17-10-9-15-13(14-2)16-11-12-7-5-4-6-8-12/h4-8,17H,3,9-11H2,1-2H3,(H2,14,15,16). The van der Waals surface area contributed by atoms with Gasteiger partial charge in [0.05, 0.1) is 5.75 Å². The zero-order valence-corrected chi connectivity index (χ0v) is 12.7. The third-order valence-corrected chi connectivity index (χ3v) is 4.05. The van der Waals surface area contributed by atoms with Crippen molar-refractivity contribution in [1.82, 2.24) is 15.4 Å². The summed E-state index contributed by atoms with van der Waals surface area (Å²) in [6.07, 6.45) is 0. The van der Waals surface area contributed by atoms with E-state index in [1.165, 1.54) is 0 Å². The maximum absolute atomic E-state index is 11.2. The van der Waals surface area contributed by atoms with E-state index in [0.717, 1.165) is 5.56 Å². The van der Waals surface area contributed by atoms with Crippen LogP contribution in [0.1, 0.15) is 12.5 Å². The van der Waals surface area contributed by atoms with Crippen molar-refractivity contribution in [1.29, 1.82) is 0 Å². The Morgan fingerprint density at radius 2 is 1.85 bits per heavy atom. The highest BCUT2D eigenvalue weighted by Crippen LogP contribution is 1.96. The Morgan fingerprint density at radius 1 is 1.15 bits per heavy atom. The second-order valence-electron chi connectivity index (χ2n) is 4.14. The molecule has 0 fully saturated rings. The molecule has 0 saturated heterocycles. The van der Waals surface area contributed by atoms with Gasteiger partial charge in [0.2, 0.25) is 10.0 Å². The maximum Gasteiger partial charge on any atom is 0.211 e. The number of nitrogens with zero attached hydrogens (tertiary/aromatic N) is 1.